The van der Waals surface area contributed by atoms with Gasteiger partial charge in [0.25, 0.3) is 0 Å². The number of hydrogen-bond donors (Lipinski definition) is 2. The normalized spacial score (nSPS) is 21.5. The number of primary amides is 1. The third kappa shape index (κ3) is 8.25. The second-order valence-electron chi connectivity index (χ2n) is 5.98. The number of carbonyl (C=O) groups excluding carboxylic acids is 1. The van der Waals surface area contributed by atoms with E-state index in [0.717, 1.165) is 6.42 Å². The van der Waals surface area contributed by atoms with Crippen molar-refractivity contribution in [2.45, 2.75) is 96.1 Å². The lowest BCUT2D eigenvalue weighted by molar-refractivity contribution is -0.117. The van der Waals surface area contributed by atoms with Crippen LogP contribution in [0.4, 0.5) is 0 Å². The SMILES string of the molecule is CCCCCCCCCCCCC[C@@H]1N[C@H]1C(N)=O. The zero-order chi connectivity index (χ0) is 13.9. The molecule has 3 N–H and O–H groups in total. The largest absolute Gasteiger partial charge is 0.368 e. The minimum absolute atomic E-state index is 0.0249. The van der Waals surface area contributed by atoms with Crippen LogP contribution < -0.4 is 11.1 Å². The van der Waals surface area contributed by atoms with E-state index in [2.05, 4.69) is 12.2 Å². The molecule has 0 saturated carbocycles. The van der Waals surface area contributed by atoms with E-state index in [-0.39, 0.29) is 11.9 Å². The molecule has 0 aromatic heterocycles. The summed E-state index contributed by atoms with van der Waals surface area (Å²) in [6.07, 6.45) is 16.2. The minimum Gasteiger partial charge on any atom is -0.368 e. The summed E-state index contributed by atoms with van der Waals surface area (Å²) in [5, 5.41) is 3.13. The van der Waals surface area contributed by atoms with Crippen LogP contribution in [0.25, 0.3) is 0 Å². The predicted octanol–water partition coefficient (Wildman–Crippen LogP) is 3.51. The first-order valence-electron chi connectivity index (χ1n) is 8.31. The first kappa shape index (κ1) is 16.5. The topological polar surface area (TPSA) is 65.0 Å². The number of hydrogen-bond acceptors (Lipinski definition) is 2. The molecule has 0 unspecified atom stereocenters. The summed E-state index contributed by atoms with van der Waals surface area (Å²) in [4.78, 5) is 10.8. The van der Waals surface area contributed by atoms with Gasteiger partial charge in [-0.1, -0.05) is 77.6 Å². The van der Waals surface area contributed by atoms with Gasteiger partial charge in [0.15, 0.2) is 0 Å². The van der Waals surface area contributed by atoms with Gasteiger partial charge in [-0.3, -0.25) is 10.1 Å². The van der Waals surface area contributed by atoms with Crippen molar-refractivity contribution in [2.75, 3.05) is 0 Å². The van der Waals surface area contributed by atoms with Crippen LogP contribution in [-0.2, 0) is 4.79 Å². The summed E-state index contributed by atoms with van der Waals surface area (Å²) in [5.41, 5.74) is 5.22. The Morgan fingerprint density at radius 3 is 1.79 bits per heavy atom. The lowest BCUT2D eigenvalue weighted by atomic mass is 10.0. The van der Waals surface area contributed by atoms with Gasteiger partial charge >= 0.3 is 0 Å². The lowest BCUT2D eigenvalue weighted by Crippen LogP contribution is -2.20. The van der Waals surface area contributed by atoms with Gasteiger partial charge in [0.2, 0.25) is 5.91 Å². The maximum atomic E-state index is 10.8. The highest BCUT2D eigenvalue weighted by Gasteiger charge is 2.39. The van der Waals surface area contributed by atoms with Crippen molar-refractivity contribution in [1.82, 2.24) is 5.32 Å². The molecule has 1 saturated heterocycles. The predicted molar refractivity (Wildman–Crippen MR) is 81.0 cm³/mol. The highest BCUT2D eigenvalue weighted by Crippen LogP contribution is 2.18. The van der Waals surface area contributed by atoms with Crippen LogP contribution in [-0.4, -0.2) is 18.0 Å². The zero-order valence-corrected chi connectivity index (χ0v) is 12.6. The third-order valence-electron chi connectivity index (χ3n) is 4.11. The molecular formula is C16H32N2O. The number of amides is 1. The van der Waals surface area contributed by atoms with E-state index in [9.17, 15) is 4.79 Å². The minimum atomic E-state index is -0.187. The van der Waals surface area contributed by atoms with Gasteiger partial charge in [-0.25, -0.2) is 0 Å². The highest BCUT2D eigenvalue weighted by atomic mass is 16.1. The van der Waals surface area contributed by atoms with E-state index in [1.54, 1.807) is 0 Å². The molecule has 0 aromatic carbocycles. The molecule has 1 rings (SSSR count). The molecule has 0 aromatic rings. The van der Waals surface area contributed by atoms with Gasteiger partial charge in [0.1, 0.15) is 6.04 Å². The van der Waals surface area contributed by atoms with Crippen LogP contribution in [0.3, 0.4) is 0 Å². The van der Waals surface area contributed by atoms with Gasteiger partial charge in [0.05, 0.1) is 0 Å². The smallest absolute Gasteiger partial charge is 0.236 e. The summed E-state index contributed by atoms with van der Waals surface area (Å²) in [5.74, 6) is -0.187. The van der Waals surface area contributed by atoms with Crippen LogP contribution in [0, 0.1) is 0 Å². The molecule has 0 spiro atoms. The molecule has 2 atom stereocenters. The molecule has 1 heterocycles. The van der Waals surface area contributed by atoms with Crippen molar-refractivity contribution >= 4 is 5.91 Å². The van der Waals surface area contributed by atoms with Crippen molar-refractivity contribution in [3.05, 3.63) is 0 Å². The van der Waals surface area contributed by atoms with Crippen molar-refractivity contribution < 1.29 is 4.79 Å². The molecule has 0 bridgehead atoms. The van der Waals surface area contributed by atoms with Gasteiger partial charge in [-0.05, 0) is 6.42 Å². The lowest BCUT2D eigenvalue weighted by Gasteiger charge is -2.02. The molecule has 1 aliphatic heterocycles. The van der Waals surface area contributed by atoms with Crippen LogP contribution >= 0.6 is 0 Å². The van der Waals surface area contributed by atoms with Gasteiger partial charge in [-0.2, -0.15) is 0 Å². The van der Waals surface area contributed by atoms with Crippen molar-refractivity contribution in [3.8, 4) is 0 Å². The summed E-state index contributed by atoms with van der Waals surface area (Å²) in [7, 11) is 0. The quantitative estimate of drug-likeness (QED) is 0.396. The van der Waals surface area contributed by atoms with Crippen molar-refractivity contribution in [2.24, 2.45) is 5.73 Å². The van der Waals surface area contributed by atoms with Crippen molar-refractivity contribution in [3.63, 3.8) is 0 Å². The van der Waals surface area contributed by atoms with E-state index in [4.69, 9.17) is 5.73 Å². The van der Waals surface area contributed by atoms with Gasteiger partial charge < -0.3 is 5.73 Å². The molecule has 1 aliphatic rings. The molecule has 19 heavy (non-hydrogen) atoms. The molecule has 3 nitrogen and oxygen atoms in total. The maximum absolute atomic E-state index is 10.8. The fourth-order valence-corrected chi connectivity index (χ4v) is 2.73. The first-order chi connectivity index (χ1) is 9.25. The zero-order valence-electron chi connectivity index (χ0n) is 12.6. The van der Waals surface area contributed by atoms with Crippen LogP contribution in [0.15, 0.2) is 0 Å². The van der Waals surface area contributed by atoms with E-state index >= 15 is 0 Å². The van der Waals surface area contributed by atoms with Crippen molar-refractivity contribution in [1.29, 1.82) is 0 Å². The van der Waals surface area contributed by atoms with Crippen LogP contribution in [0.5, 0.6) is 0 Å². The second-order valence-corrected chi connectivity index (χ2v) is 5.98. The standard InChI is InChI=1S/C16H32N2O/c1-2-3-4-5-6-7-8-9-10-11-12-13-14-15(18-14)16(17)19/h14-15,18H,2-13H2,1H3,(H2,17,19)/t14-,15+/m0/s1. The third-order valence-corrected chi connectivity index (χ3v) is 4.11. The number of carbonyl (C=O) groups is 1. The van der Waals surface area contributed by atoms with E-state index < -0.39 is 0 Å². The summed E-state index contributed by atoms with van der Waals surface area (Å²) in [6, 6.07) is 0.360. The highest BCUT2D eigenvalue weighted by molar-refractivity contribution is 5.83. The molecule has 0 aliphatic carbocycles. The fraction of sp³-hybridized carbons (Fsp3) is 0.938. The number of nitrogens with one attached hydrogen (secondary N) is 1. The Bertz CT molecular complexity index is 243. The number of rotatable bonds is 13. The van der Waals surface area contributed by atoms with E-state index in [1.807, 2.05) is 0 Å². The monoisotopic (exact) mass is 268 g/mol. The Hall–Kier alpha value is -0.570. The second kappa shape index (κ2) is 10.2. The number of unbranched alkanes of at least 4 members (excludes halogenated alkanes) is 10. The summed E-state index contributed by atoms with van der Waals surface area (Å²) in [6.45, 7) is 2.27. The van der Waals surface area contributed by atoms with Gasteiger partial charge in [-0.15, -0.1) is 0 Å². The van der Waals surface area contributed by atoms with Crippen LogP contribution in [0.1, 0.15) is 84.0 Å². The Labute approximate surface area is 118 Å². The average Bonchev–Trinajstić information content (AvgIpc) is 3.16. The first-order valence-corrected chi connectivity index (χ1v) is 8.31. The molecule has 0 radical (unpaired) electrons. The van der Waals surface area contributed by atoms with Gasteiger partial charge in [0, 0.05) is 6.04 Å². The Morgan fingerprint density at radius 1 is 0.895 bits per heavy atom. The number of nitrogens with two attached hydrogens (primary N) is 1. The Kier molecular flexibility index (Phi) is 8.89. The molecule has 3 heteroatoms. The molecule has 1 fully saturated rings. The fourth-order valence-electron chi connectivity index (χ4n) is 2.73. The molecule has 1 amide bonds. The average molecular weight is 268 g/mol. The molecular weight excluding hydrogens is 236 g/mol. The molecule has 112 valence electrons. The van der Waals surface area contributed by atoms with E-state index in [1.165, 1.54) is 70.6 Å². The van der Waals surface area contributed by atoms with Crippen LogP contribution in [0.2, 0.25) is 0 Å². The maximum Gasteiger partial charge on any atom is 0.236 e. The van der Waals surface area contributed by atoms with E-state index in [0.29, 0.717) is 6.04 Å². The Morgan fingerprint density at radius 2 is 1.37 bits per heavy atom. The summed E-state index contributed by atoms with van der Waals surface area (Å²) >= 11 is 0. The Balaban J connectivity index is 1.71. The summed E-state index contributed by atoms with van der Waals surface area (Å²) < 4.78 is 0.